The van der Waals surface area contributed by atoms with Crippen molar-refractivity contribution in [2.24, 2.45) is 0 Å². The summed E-state index contributed by atoms with van der Waals surface area (Å²) in [4.78, 5) is 10.1. The van der Waals surface area contributed by atoms with Gasteiger partial charge in [-0.05, 0) is 18.1 Å². The van der Waals surface area contributed by atoms with E-state index < -0.39 is 0 Å². The lowest BCUT2D eigenvalue weighted by atomic mass is 10.0. The summed E-state index contributed by atoms with van der Waals surface area (Å²) in [5, 5.41) is 1.25. The molecule has 0 spiro atoms. The number of fused-ring (bicyclic) bond motifs is 1. The number of carbonyl (C=O) groups is 1. The van der Waals surface area contributed by atoms with E-state index in [4.69, 9.17) is 0 Å². The Bertz CT molecular complexity index is 576. The van der Waals surface area contributed by atoms with Crippen LogP contribution in [0.1, 0.15) is 5.56 Å². The third-order valence-electron chi connectivity index (χ3n) is 2.14. The zero-order valence-electron chi connectivity index (χ0n) is 7.83. The molecule has 1 nitrogen and oxygen atoms in total. The maximum atomic E-state index is 13.4. The highest BCUT2D eigenvalue weighted by atomic mass is 19.1. The van der Waals surface area contributed by atoms with Crippen molar-refractivity contribution in [3.63, 3.8) is 0 Å². The predicted octanol–water partition coefficient (Wildman–Crippen LogP) is 2.53. The minimum Gasteiger partial charge on any atom is -0.289 e. The molecule has 0 saturated carbocycles. The summed E-state index contributed by atoms with van der Waals surface area (Å²) >= 11 is 0. The molecule has 0 aliphatic rings. The van der Waals surface area contributed by atoms with Crippen LogP contribution < -0.4 is 0 Å². The lowest BCUT2D eigenvalue weighted by Gasteiger charge is -2.01. The van der Waals surface area contributed by atoms with Gasteiger partial charge in [0.25, 0.3) is 0 Å². The maximum absolute atomic E-state index is 13.4. The Labute approximate surface area is 86.5 Å². The first-order valence-electron chi connectivity index (χ1n) is 4.45. The van der Waals surface area contributed by atoms with E-state index in [0.717, 1.165) is 5.39 Å². The van der Waals surface area contributed by atoms with Crippen molar-refractivity contribution >= 4 is 17.1 Å². The largest absolute Gasteiger partial charge is 0.289 e. The summed E-state index contributed by atoms with van der Waals surface area (Å²) in [6.07, 6.45) is 0.526. The molecule has 2 rings (SSSR count). The number of halogens is 1. The van der Waals surface area contributed by atoms with Gasteiger partial charge in [0, 0.05) is 16.3 Å². The monoisotopic (exact) mass is 198 g/mol. The van der Waals surface area contributed by atoms with Crippen LogP contribution in [0.25, 0.3) is 10.8 Å². The molecule has 0 unspecified atom stereocenters. The van der Waals surface area contributed by atoms with Crippen LogP contribution in [0.15, 0.2) is 36.4 Å². The SMILES string of the molecule is O=CC#Cc1ccc(F)c2ccccc12. The molecule has 0 fully saturated rings. The summed E-state index contributed by atoms with van der Waals surface area (Å²) in [5.41, 5.74) is 0.666. The molecule has 0 aromatic heterocycles. The van der Waals surface area contributed by atoms with Crippen LogP contribution in [0, 0.1) is 17.7 Å². The van der Waals surface area contributed by atoms with Gasteiger partial charge in [-0.3, -0.25) is 4.79 Å². The van der Waals surface area contributed by atoms with Crippen LogP contribution in [0.4, 0.5) is 4.39 Å². The normalized spacial score (nSPS) is 9.40. The predicted molar refractivity (Wildman–Crippen MR) is 56.8 cm³/mol. The van der Waals surface area contributed by atoms with Crippen LogP contribution in [0.2, 0.25) is 0 Å². The summed E-state index contributed by atoms with van der Waals surface area (Å²) in [6.45, 7) is 0. The van der Waals surface area contributed by atoms with Crippen molar-refractivity contribution in [3.05, 3.63) is 47.8 Å². The average molecular weight is 198 g/mol. The average Bonchev–Trinajstić information content (AvgIpc) is 2.29. The van der Waals surface area contributed by atoms with Gasteiger partial charge in [-0.15, -0.1) is 0 Å². The number of benzene rings is 2. The Balaban J connectivity index is 2.77. The Morgan fingerprint density at radius 1 is 1.07 bits per heavy atom. The van der Waals surface area contributed by atoms with Gasteiger partial charge in [-0.1, -0.05) is 30.2 Å². The molecule has 72 valence electrons. The first-order chi connectivity index (χ1) is 7.33. The molecule has 0 saturated heterocycles. The quantitative estimate of drug-likeness (QED) is 0.469. The molecule has 0 heterocycles. The smallest absolute Gasteiger partial charge is 0.193 e. The van der Waals surface area contributed by atoms with Crippen molar-refractivity contribution in [3.8, 4) is 11.8 Å². The zero-order valence-corrected chi connectivity index (χ0v) is 7.83. The fourth-order valence-corrected chi connectivity index (χ4v) is 1.48. The second-order valence-corrected chi connectivity index (χ2v) is 3.03. The molecule has 0 N–H and O–H groups in total. The maximum Gasteiger partial charge on any atom is 0.193 e. The van der Waals surface area contributed by atoms with Gasteiger partial charge < -0.3 is 0 Å². The van der Waals surface area contributed by atoms with Crippen LogP contribution in [-0.2, 0) is 4.79 Å². The third kappa shape index (κ3) is 1.72. The highest BCUT2D eigenvalue weighted by molar-refractivity contribution is 5.89. The van der Waals surface area contributed by atoms with Crippen LogP contribution >= 0.6 is 0 Å². The first kappa shape index (κ1) is 9.42. The van der Waals surface area contributed by atoms with Crippen molar-refractivity contribution in [1.82, 2.24) is 0 Å². The topological polar surface area (TPSA) is 17.1 Å². The van der Waals surface area contributed by atoms with Gasteiger partial charge in [0.2, 0.25) is 0 Å². The third-order valence-corrected chi connectivity index (χ3v) is 2.14. The Hall–Kier alpha value is -2.14. The standard InChI is InChI=1S/C13H7FO/c14-13-8-7-10(4-3-9-15)11-5-1-2-6-12(11)13/h1-2,5-9H. The molecule has 0 aliphatic heterocycles. The van der Waals surface area contributed by atoms with E-state index in [1.807, 2.05) is 6.07 Å². The van der Waals surface area contributed by atoms with Crippen molar-refractivity contribution in [2.75, 3.05) is 0 Å². The molecule has 2 aromatic rings. The van der Waals surface area contributed by atoms with Crippen molar-refractivity contribution < 1.29 is 9.18 Å². The molecule has 0 bridgehead atoms. The fourth-order valence-electron chi connectivity index (χ4n) is 1.48. The summed E-state index contributed by atoms with van der Waals surface area (Å²) in [5.74, 6) is 4.73. The van der Waals surface area contributed by atoms with Gasteiger partial charge in [0.1, 0.15) is 5.82 Å². The van der Waals surface area contributed by atoms with E-state index in [-0.39, 0.29) is 5.82 Å². The molecule has 2 heteroatoms. The molecule has 2 aromatic carbocycles. The minimum atomic E-state index is -0.276. The van der Waals surface area contributed by atoms with Gasteiger partial charge in [0.15, 0.2) is 6.29 Å². The summed E-state index contributed by atoms with van der Waals surface area (Å²) < 4.78 is 13.4. The van der Waals surface area contributed by atoms with Crippen molar-refractivity contribution in [2.45, 2.75) is 0 Å². The molecule has 0 radical (unpaired) electrons. The van der Waals surface area contributed by atoms with Gasteiger partial charge in [-0.25, -0.2) is 4.39 Å². The van der Waals surface area contributed by atoms with Crippen molar-refractivity contribution in [1.29, 1.82) is 0 Å². The number of hydrogen-bond donors (Lipinski definition) is 0. The van der Waals surface area contributed by atoms with Crippen LogP contribution in [-0.4, -0.2) is 6.29 Å². The van der Waals surface area contributed by atoms with E-state index in [1.165, 1.54) is 6.07 Å². The van der Waals surface area contributed by atoms with E-state index in [1.54, 1.807) is 24.3 Å². The number of rotatable bonds is 0. The summed E-state index contributed by atoms with van der Waals surface area (Å²) in [7, 11) is 0. The first-order valence-corrected chi connectivity index (χ1v) is 4.45. The second-order valence-electron chi connectivity index (χ2n) is 3.03. The molecular weight excluding hydrogens is 191 g/mol. The minimum absolute atomic E-state index is 0.276. The molecule has 0 aliphatic carbocycles. The highest BCUT2D eigenvalue weighted by Crippen LogP contribution is 2.20. The molecular formula is C13H7FO. The van der Waals surface area contributed by atoms with E-state index in [9.17, 15) is 9.18 Å². The van der Waals surface area contributed by atoms with Gasteiger partial charge in [0.05, 0.1) is 0 Å². The lowest BCUT2D eigenvalue weighted by molar-refractivity contribution is -0.103. The zero-order chi connectivity index (χ0) is 10.7. The molecule has 0 amide bonds. The van der Waals surface area contributed by atoms with E-state index >= 15 is 0 Å². The van der Waals surface area contributed by atoms with Crippen LogP contribution in [0.3, 0.4) is 0 Å². The van der Waals surface area contributed by atoms with Gasteiger partial charge in [-0.2, -0.15) is 0 Å². The van der Waals surface area contributed by atoms with Gasteiger partial charge >= 0.3 is 0 Å². The fraction of sp³-hybridized carbons (Fsp3) is 0. The number of aldehydes is 1. The Morgan fingerprint density at radius 3 is 2.53 bits per heavy atom. The number of hydrogen-bond acceptors (Lipinski definition) is 1. The van der Waals surface area contributed by atoms with Crippen LogP contribution in [0.5, 0.6) is 0 Å². The Morgan fingerprint density at radius 2 is 1.80 bits per heavy atom. The summed E-state index contributed by atoms with van der Waals surface area (Å²) in [6, 6.07) is 9.99. The Kier molecular flexibility index (Phi) is 2.47. The second kappa shape index (κ2) is 3.93. The lowest BCUT2D eigenvalue weighted by Crippen LogP contribution is -1.83. The molecule has 15 heavy (non-hydrogen) atoms. The number of carbonyl (C=O) groups excluding carboxylic acids is 1. The van der Waals surface area contributed by atoms with E-state index in [0.29, 0.717) is 17.2 Å². The highest BCUT2D eigenvalue weighted by Gasteiger charge is 2.02. The van der Waals surface area contributed by atoms with E-state index in [2.05, 4.69) is 11.8 Å². The molecule has 0 atom stereocenters.